The van der Waals surface area contributed by atoms with Gasteiger partial charge < -0.3 is 5.32 Å². The number of hydrogen-bond acceptors (Lipinski definition) is 3. The third kappa shape index (κ3) is 3.46. The highest BCUT2D eigenvalue weighted by Gasteiger charge is 2.11. The van der Waals surface area contributed by atoms with Gasteiger partial charge in [-0.2, -0.15) is 5.10 Å². The van der Waals surface area contributed by atoms with Gasteiger partial charge in [-0.05, 0) is 20.8 Å². The van der Waals surface area contributed by atoms with E-state index in [0.717, 1.165) is 18.2 Å². The fourth-order valence-electron chi connectivity index (χ4n) is 0.996. The Labute approximate surface area is 85.5 Å². The van der Waals surface area contributed by atoms with Crippen molar-refractivity contribution in [2.75, 3.05) is 0 Å². The molecule has 0 aliphatic rings. The second kappa shape index (κ2) is 4.09. The van der Waals surface area contributed by atoms with Crippen LogP contribution in [0.3, 0.4) is 0 Å². The molecule has 14 heavy (non-hydrogen) atoms. The van der Waals surface area contributed by atoms with E-state index in [1.165, 1.54) is 0 Å². The van der Waals surface area contributed by atoms with E-state index in [-0.39, 0.29) is 5.54 Å². The minimum absolute atomic E-state index is 0.116. The number of hydrogen-bond donors (Lipinski definition) is 2. The molecular weight excluding hydrogens is 176 g/mol. The number of nitrogens with zero attached hydrogens (tertiary/aromatic N) is 2. The quantitative estimate of drug-likeness (QED) is 0.775. The van der Waals surface area contributed by atoms with E-state index >= 15 is 0 Å². The maximum Gasteiger partial charge on any atom is 0.153 e. The van der Waals surface area contributed by atoms with Crippen molar-refractivity contribution in [2.45, 2.75) is 52.6 Å². The minimum Gasteiger partial charge on any atom is -0.305 e. The van der Waals surface area contributed by atoms with Crippen LogP contribution < -0.4 is 5.32 Å². The molecule has 1 aromatic heterocycles. The molecule has 0 aliphatic carbocycles. The highest BCUT2D eigenvalue weighted by Crippen LogP contribution is 2.08. The average molecular weight is 196 g/mol. The summed E-state index contributed by atoms with van der Waals surface area (Å²) in [6.07, 6.45) is 0. The molecule has 0 saturated carbocycles. The van der Waals surface area contributed by atoms with Crippen LogP contribution in [0.4, 0.5) is 0 Å². The fourth-order valence-corrected chi connectivity index (χ4v) is 0.996. The number of nitrogens with one attached hydrogen (secondary N) is 2. The first-order valence-electron chi connectivity index (χ1n) is 5.04. The van der Waals surface area contributed by atoms with Gasteiger partial charge in [0.1, 0.15) is 5.82 Å². The van der Waals surface area contributed by atoms with Crippen LogP contribution >= 0.6 is 0 Å². The Kier molecular flexibility index (Phi) is 3.26. The van der Waals surface area contributed by atoms with Crippen LogP contribution in [0.25, 0.3) is 0 Å². The molecule has 1 heterocycles. The molecule has 0 unspecified atom stereocenters. The molecule has 0 amide bonds. The van der Waals surface area contributed by atoms with Gasteiger partial charge in [0.25, 0.3) is 0 Å². The molecule has 4 heteroatoms. The molecule has 1 aromatic rings. The first-order chi connectivity index (χ1) is 6.38. The lowest BCUT2D eigenvalue weighted by atomic mass is 10.1. The maximum atomic E-state index is 4.38. The monoisotopic (exact) mass is 196 g/mol. The molecule has 0 fully saturated rings. The maximum absolute atomic E-state index is 4.38. The highest BCUT2D eigenvalue weighted by atomic mass is 15.2. The fraction of sp³-hybridized carbons (Fsp3) is 0.800. The largest absolute Gasteiger partial charge is 0.305 e. The standard InChI is InChI=1S/C10H20N4/c1-7(2)9-12-8(13-14-9)6-11-10(3,4)5/h7,11H,6H2,1-5H3,(H,12,13,14). The summed E-state index contributed by atoms with van der Waals surface area (Å²) in [5, 5.41) is 10.4. The van der Waals surface area contributed by atoms with Gasteiger partial charge in [-0.15, -0.1) is 0 Å². The summed E-state index contributed by atoms with van der Waals surface area (Å²) in [4.78, 5) is 4.38. The van der Waals surface area contributed by atoms with E-state index in [2.05, 4.69) is 55.1 Å². The van der Waals surface area contributed by atoms with Gasteiger partial charge in [0.2, 0.25) is 0 Å². The smallest absolute Gasteiger partial charge is 0.153 e. The first kappa shape index (κ1) is 11.2. The van der Waals surface area contributed by atoms with Crippen LogP contribution in [-0.4, -0.2) is 20.7 Å². The van der Waals surface area contributed by atoms with E-state index in [1.807, 2.05) is 0 Å². The Balaban J connectivity index is 2.52. The Morgan fingerprint density at radius 3 is 2.43 bits per heavy atom. The van der Waals surface area contributed by atoms with Gasteiger partial charge in [-0.3, -0.25) is 5.10 Å². The molecule has 4 nitrogen and oxygen atoms in total. The van der Waals surface area contributed by atoms with Crippen LogP contribution in [0.15, 0.2) is 0 Å². The Hall–Kier alpha value is -0.900. The Morgan fingerprint density at radius 1 is 1.36 bits per heavy atom. The highest BCUT2D eigenvalue weighted by molar-refractivity contribution is 4.95. The molecule has 0 aliphatic heterocycles. The second-order valence-electron chi connectivity index (χ2n) is 4.90. The van der Waals surface area contributed by atoms with Gasteiger partial charge >= 0.3 is 0 Å². The first-order valence-corrected chi connectivity index (χ1v) is 5.04. The predicted octanol–water partition coefficient (Wildman–Crippen LogP) is 1.82. The number of aromatic nitrogens is 3. The molecule has 0 radical (unpaired) electrons. The summed E-state index contributed by atoms with van der Waals surface area (Å²) in [5.74, 6) is 2.17. The lowest BCUT2D eigenvalue weighted by molar-refractivity contribution is 0.418. The van der Waals surface area contributed by atoms with Crippen LogP contribution in [0, 0.1) is 0 Å². The molecule has 0 bridgehead atoms. The lowest BCUT2D eigenvalue weighted by Gasteiger charge is -2.19. The van der Waals surface area contributed by atoms with Crippen LogP contribution in [-0.2, 0) is 6.54 Å². The van der Waals surface area contributed by atoms with Gasteiger partial charge in [-0.1, -0.05) is 13.8 Å². The van der Waals surface area contributed by atoms with Crippen molar-refractivity contribution in [3.63, 3.8) is 0 Å². The molecule has 0 aromatic carbocycles. The van der Waals surface area contributed by atoms with Gasteiger partial charge in [0, 0.05) is 11.5 Å². The molecule has 80 valence electrons. The van der Waals surface area contributed by atoms with E-state index in [4.69, 9.17) is 0 Å². The topological polar surface area (TPSA) is 53.6 Å². The van der Waals surface area contributed by atoms with Crippen LogP contribution in [0.5, 0.6) is 0 Å². The van der Waals surface area contributed by atoms with Crippen molar-refractivity contribution in [3.8, 4) is 0 Å². The molecule has 0 saturated heterocycles. The summed E-state index contributed by atoms with van der Waals surface area (Å²) in [5.41, 5.74) is 0.116. The average Bonchev–Trinajstić information content (AvgIpc) is 2.47. The van der Waals surface area contributed by atoms with E-state index < -0.39 is 0 Å². The van der Waals surface area contributed by atoms with Crippen LogP contribution in [0.1, 0.15) is 52.2 Å². The zero-order chi connectivity index (χ0) is 10.8. The minimum atomic E-state index is 0.116. The Morgan fingerprint density at radius 2 is 2.00 bits per heavy atom. The van der Waals surface area contributed by atoms with Crippen molar-refractivity contribution in [1.82, 2.24) is 20.5 Å². The summed E-state index contributed by atoms with van der Waals surface area (Å²) >= 11 is 0. The van der Waals surface area contributed by atoms with Crippen molar-refractivity contribution >= 4 is 0 Å². The van der Waals surface area contributed by atoms with Gasteiger partial charge in [-0.25, -0.2) is 4.98 Å². The van der Waals surface area contributed by atoms with Crippen LogP contribution in [0.2, 0.25) is 0 Å². The molecule has 1 rings (SSSR count). The predicted molar refractivity (Wildman–Crippen MR) is 57.1 cm³/mol. The van der Waals surface area contributed by atoms with E-state index in [0.29, 0.717) is 5.92 Å². The van der Waals surface area contributed by atoms with E-state index in [9.17, 15) is 0 Å². The zero-order valence-corrected chi connectivity index (χ0v) is 9.68. The lowest BCUT2D eigenvalue weighted by Crippen LogP contribution is -2.35. The summed E-state index contributed by atoms with van der Waals surface area (Å²) in [6, 6.07) is 0. The van der Waals surface area contributed by atoms with Crippen molar-refractivity contribution < 1.29 is 0 Å². The summed E-state index contributed by atoms with van der Waals surface area (Å²) in [7, 11) is 0. The third-order valence-corrected chi connectivity index (χ3v) is 1.85. The summed E-state index contributed by atoms with van der Waals surface area (Å²) in [6.45, 7) is 11.3. The SMILES string of the molecule is CC(C)c1n[nH]c(CNC(C)(C)C)n1. The second-order valence-corrected chi connectivity index (χ2v) is 4.90. The normalized spacial score (nSPS) is 12.4. The van der Waals surface area contributed by atoms with Gasteiger partial charge in [0.15, 0.2) is 5.82 Å². The number of H-pyrrole nitrogens is 1. The molecular formula is C10H20N4. The molecule has 2 N–H and O–H groups in total. The van der Waals surface area contributed by atoms with E-state index in [1.54, 1.807) is 0 Å². The molecule has 0 spiro atoms. The number of rotatable bonds is 3. The third-order valence-electron chi connectivity index (χ3n) is 1.85. The Bertz CT molecular complexity index is 283. The zero-order valence-electron chi connectivity index (χ0n) is 9.68. The van der Waals surface area contributed by atoms with Crippen molar-refractivity contribution in [1.29, 1.82) is 0 Å². The molecule has 0 atom stereocenters. The van der Waals surface area contributed by atoms with Crippen molar-refractivity contribution in [3.05, 3.63) is 11.6 Å². The number of aromatic amines is 1. The summed E-state index contributed by atoms with van der Waals surface area (Å²) < 4.78 is 0. The van der Waals surface area contributed by atoms with Gasteiger partial charge in [0.05, 0.1) is 6.54 Å². The van der Waals surface area contributed by atoms with Crippen molar-refractivity contribution in [2.24, 2.45) is 0 Å².